The lowest BCUT2D eigenvalue weighted by Gasteiger charge is -2.13. The van der Waals surface area contributed by atoms with Gasteiger partial charge >= 0.3 is 0 Å². The average molecular weight is 234 g/mol. The Labute approximate surface area is 99.5 Å². The van der Waals surface area contributed by atoms with E-state index in [0.717, 1.165) is 5.69 Å². The summed E-state index contributed by atoms with van der Waals surface area (Å²) in [7, 11) is 4.75. The van der Waals surface area contributed by atoms with Gasteiger partial charge in [-0.2, -0.15) is 5.10 Å². The lowest BCUT2D eigenvalue weighted by molar-refractivity contribution is 0.324. The molecular weight excluding hydrogens is 220 g/mol. The Morgan fingerprint density at radius 3 is 2.06 bits per heavy atom. The molecule has 0 aliphatic heterocycles. The van der Waals surface area contributed by atoms with Gasteiger partial charge in [0.1, 0.15) is 0 Å². The van der Waals surface area contributed by atoms with Gasteiger partial charge in [-0.1, -0.05) is 0 Å². The van der Waals surface area contributed by atoms with Crippen molar-refractivity contribution >= 4 is 0 Å². The minimum absolute atomic E-state index is 0.575. The number of hydrogen-bond acceptors (Lipinski definition) is 4. The SMILES string of the molecule is COc1cc(-n2cccn2)cc(OC)c1OC. The number of nitrogens with zero attached hydrogens (tertiary/aromatic N) is 2. The largest absolute Gasteiger partial charge is 0.493 e. The molecular formula is C12H14N2O3. The highest BCUT2D eigenvalue weighted by Crippen LogP contribution is 2.38. The molecule has 2 aromatic rings. The highest BCUT2D eigenvalue weighted by Gasteiger charge is 2.13. The van der Waals surface area contributed by atoms with Crippen LogP contribution in [-0.2, 0) is 0 Å². The molecule has 0 spiro atoms. The first-order chi connectivity index (χ1) is 8.30. The van der Waals surface area contributed by atoms with Crippen LogP contribution in [0.25, 0.3) is 5.69 Å². The van der Waals surface area contributed by atoms with E-state index in [0.29, 0.717) is 17.2 Å². The van der Waals surface area contributed by atoms with Gasteiger partial charge in [0.05, 0.1) is 27.0 Å². The summed E-state index contributed by atoms with van der Waals surface area (Å²) in [6.07, 6.45) is 3.56. The van der Waals surface area contributed by atoms with E-state index in [9.17, 15) is 0 Å². The first kappa shape index (κ1) is 11.3. The number of benzene rings is 1. The molecule has 0 aliphatic rings. The Kier molecular flexibility index (Phi) is 3.18. The van der Waals surface area contributed by atoms with E-state index in [4.69, 9.17) is 14.2 Å². The summed E-state index contributed by atoms with van der Waals surface area (Å²) in [5.41, 5.74) is 0.851. The number of aromatic nitrogens is 2. The summed E-state index contributed by atoms with van der Waals surface area (Å²) >= 11 is 0. The van der Waals surface area contributed by atoms with Gasteiger partial charge in [-0.25, -0.2) is 4.68 Å². The topological polar surface area (TPSA) is 45.5 Å². The van der Waals surface area contributed by atoms with Crippen LogP contribution in [0.3, 0.4) is 0 Å². The van der Waals surface area contributed by atoms with E-state index in [1.807, 2.05) is 24.4 Å². The second-order valence-electron chi connectivity index (χ2n) is 3.33. The van der Waals surface area contributed by atoms with E-state index in [2.05, 4.69) is 5.10 Å². The minimum atomic E-state index is 0.575. The third kappa shape index (κ3) is 2.04. The molecule has 17 heavy (non-hydrogen) atoms. The lowest BCUT2D eigenvalue weighted by atomic mass is 10.2. The van der Waals surface area contributed by atoms with Crippen LogP contribution in [0.1, 0.15) is 0 Å². The molecule has 90 valence electrons. The molecule has 0 fully saturated rings. The fourth-order valence-corrected chi connectivity index (χ4v) is 1.62. The van der Waals surface area contributed by atoms with E-state index in [1.165, 1.54) is 0 Å². The first-order valence-electron chi connectivity index (χ1n) is 5.10. The molecule has 1 heterocycles. The molecule has 0 aliphatic carbocycles. The van der Waals surface area contributed by atoms with Crippen molar-refractivity contribution in [3.8, 4) is 22.9 Å². The van der Waals surface area contributed by atoms with Gasteiger partial charge < -0.3 is 14.2 Å². The highest BCUT2D eigenvalue weighted by atomic mass is 16.5. The van der Waals surface area contributed by atoms with Crippen LogP contribution in [0, 0.1) is 0 Å². The number of methoxy groups -OCH3 is 3. The average Bonchev–Trinajstić information content (AvgIpc) is 2.90. The maximum Gasteiger partial charge on any atom is 0.203 e. The maximum absolute atomic E-state index is 5.27. The van der Waals surface area contributed by atoms with Gasteiger partial charge in [-0.15, -0.1) is 0 Å². The van der Waals surface area contributed by atoms with E-state index in [-0.39, 0.29) is 0 Å². The van der Waals surface area contributed by atoms with Crippen molar-refractivity contribution in [2.75, 3.05) is 21.3 Å². The van der Waals surface area contributed by atoms with Crippen LogP contribution < -0.4 is 14.2 Å². The Morgan fingerprint density at radius 2 is 1.65 bits per heavy atom. The summed E-state index contributed by atoms with van der Waals surface area (Å²) in [6.45, 7) is 0. The van der Waals surface area contributed by atoms with Crippen LogP contribution in [0.5, 0.6) is 17.2 Å². The van der Waals surface area contributed by atoms with Gasteiger partial charge in [0.15, 0.2) is 11.5 Å². The van der Waals surface area contributed by atoms with Crippen LogP contribution in [0.2, 0.25) is 0 Å². The number of ether oxygens (including phenoxy) is 3. The molecule has 0 N–H and O–H groups in total. The molecule has 5 nitrogen and oxygen atoms in total. The molecule has 0 radical (unpaired) electrons. The van der Waals surface area contributed by atoms with Crippen molar-refractivity contribution in [3.63, 3.8) is 0 Å². The molecule has 5 heteroatoms. The summed E-state index contributed by atoms with van der Waals surface area (Å²) in [5, 5.41) is 4.16. The minimum Gasteiger partial charge on any atom is -0.493 e. The first-order valence-corrected chi connectivity index (χ1v) is 5.10. The number of rotatable bonds is 4. The van der Waals surface area contributed by atoms with Gasteiger partial charge in [-0.3, -0.25) is 0 Å². The van der Waals surface area contributed by atoms with Gasteiger partial charge in [0, 0.05) is 24.5 Å². The third-order valence-corrected chi connectivity index (χ3v) is 2.42. The van der Waals surface area contributed by atoms with Crippen molar-refractivity contribution in [2.45, 2.75) is 0 Å². The fourth-order valence-electron chi connectivity index (χ4n) is 1.62. The van der Waals surface area contributed by atoms with Crippen molar-refractivity contribution in [1.82, 2.24) is 9.78 Å². The predicted octanol–water partition coefficient (Wildman–Crippen LogP) is 1.90. The molecule has 1 aromatic carbocycles. The number of hydrogen-bond donors (Lipinski definition) is 0. The van der Waals surface area contributed by atoms with Gasteiger partial charge in [0.25, 0.3) is 0 Å². The quantitative estimate of drug-likeness (QED) is 0.810. The molecule has 2 rings (SSSR count). The summed E-state index contributed by atoms with van der Waals surface area (Å²) < 4.78 is 17.5. The maximum atomic E-state index is 5.27. The second kappa shape index (κ2) is 4.78. The predicted molar refractivity (Wildman–Crippen MR) is 63.2 cm³/mol. The highest BCUT2D eigenvalue weighted by molar-refractivity contribution is 5.57. The molecule has 0 saturated heterocycles. The van der Waals surface area contributed by atoms with Gasteiger partial charge in [-0.05, 0) is 6.07 Å². The molecule has 0 atom stereocenters. The zero-order valence-electron chi connectivity index (χ0n) is 10.0. The van der Waals surface area contributed by atoms with Crippen molar-refractivity contribution in [2.24, 2.45) is 0 Å². The van der Waals surface area contributed by atoms with Gasteiger partial charge in [0.2, 0.25) is 5.75 Å². The summed E-state index contributed by atoms with van der Waals surface area (Å²) in [5.74, 6) is 1.79. The molecule has 0 bridgehead atoms. The molecule has 0 unspecified atom stereocenters. The summed E-state index contributed by atoms with van der Waals surface area (Å²) in [4.78, 5) is 0. The lowest BCUT2D eigenvalue weighted by Crippen LogP contribution is -1.99. The van der Waals surface area contributed by atoms with Crippen molar-refractivity contribution in [1.29, 1.82) is 0 Å². The van der Waals surface area contributed by atoms with Crippen LogP contribution in [0.4, 0.5) is 0 Å². The van der Waals surface area contributed by atoms with Crippen LogP contribution in [0.15, 0.2) is 30.6 Å². The molecule has 0 amide bonds. The second-order valence-corrected chi connectivity index (χ2v) is 3.33. The normalized spacial score (nSPS) is 10.1. The van der Waals surface area contributed by atoms with Crippen LogP contribution >= 0.6 is 0 Å². The smallest absolute Gasteiger partial charge is 0.203 e. The molecule has 0 saturated carbocycles. The molecule has 1 aromatic heterocycles. The zero-order valence-corrected chi connectivity index (χ0v) is 10.0. The third-order valence-electron chi connectivity index (χ3n) is 2.42. The van der Waals surface area contributed by atoms with E-state index >= 15 is 0 Å². The zero-order chi connectivity index (χ0) is 12.3. The summed E-state index contributed by atoms with van der Waals surface area (Å²) in [6, 6.07) is 5.53. The van der Waals surface area contributed by atoms with Crippen molar-refractivity contribution in [3.05, 3.63) is 30.6 Å². The monoisotopic (exact) mass is 234 g/mol. The Hall–Kier alpha value is -2.17. The Balaban J connectivity index is 2.56. The van der Waals surface area contributed by atoms with E-state index < -0.39 is 0 Å². The fraction of sp³-hybridized carbons (Fsp3) is 0.250. The van der Waals surface area contributed by atoms with Crippen LogP contribution in [-0.4, -0.2) is 31.1 Å². The van der Waals surface area contributed by atoms with E-state index in [1.54, 1.807) is 32.2 Å². The van der Waals surface area contributed by atoms with Crippen molar-refractivity contribution < 1.29 is 14.2 Å². The Bertz CT molecular complexity index is 469. The standard InChI is InChI=1S/C12H14N2O3/c1-15-10-7-9(14-6-4-5-13-14)8-11(16-2)12(10)17-3/h4-8H,1-3H3. The Morgan fingerprint density at radius 1 is 1.00 bits per heavy atom.